The van der Waals surface area contributed by atoms with Crippen LogP contribution in [0.1, 0.15) is 12.0 Å². The van der Waals surface area contributed by atoms with Crippen molar-refractivity contribution in [3.8, 4) is 0 Å². The zero-order valence-corrected chi connectivity index (χ0v) is 10.2. The molecule has 0 aromatic heterocycles. The second kappa shape index (κ2) is 5.80. The molecule has 4 heteroatoms. The number of benzene rings is 1. The third-order valence-corrected chi connectivity index (χ3v) is 2.78. The molecule has 0 bridgehead atoms. The zero-order valence-electron chi connectivity index (χ0n) is 8.62. The number of carboxylic acids is 1. The van der Waals surface area contributed by atoms with Gasteiger partial charge in [0.15, 0.2) is 0 Å². The van der Waals surface area contributed by atoms with Crippen LogP contribution in [0.15, 0.2) is 35.3 Å². The normalized spacial score (nSPS) is 12.1. The molecular weight excluding hydrogens is 275 g/mol. The Morgan fingerprint density at radius 1 is 1.62 bits per heavy atom. The standard InChI is InChI=1S/C12H12BrFO2/c1-2-3-9(12(15)16)6-8-4-5-10(13)7-11(8)14/h2,4-5,7,9H,1,3,6H2,(H,15,16). The maximum atomic E-state index is 13.5. The Labute approximate surface area is 102 Å². The van der Waals surface area contributed by atoms with Gasteiger partial charge in [-0.2, -0.15) is 0 Å². The van der Waals surface area contributed by atoms with E-state index in [1.807, 2.05) is 0 Å². The van der Waals surface area contributed by atoms with Gasteiger partial charge in [0.05, 0.1) is 5.92 Å². The molecule has 0 aliphatic carbocycles. The second-order valence-electron chi connectivity index (χ2n) is 3.50. The van der Waals surface area contributed by atoms with E-state index >= 15 is 0 Å². The molecule has 1 aromatic rings. The number of halogens is 2. The van der Waals surface area contributed by atoms with Crippen LogP contribution < -0.4 is 0 Å². The van der Waals surface area contributed by atoms with Crippen molar-refractivity contribution in [3.05, 3.63) is 46.7 Å². The van der Waals surface area contributed by atoms with Crippen molar-refractivity contribution in [2.24, 2.45) is 5.92 Å². The molecule has 2 nitrogen and oxygen atoms in total. The van der Waals surface area contributed by atoms with E-state index in [2.05, 4.69) is 22.5 Å². The van der Waals surface area contributed by atoms with E-state index in [-0.39, 0.29) is 12.2 Å². The molecule has 0 saturated heterocycles. The third kappa shape index (κ3) is 3.45. The Morgan fingerprint density at radius 3 is 2.81 bits per heavy atom. The zero-order chi connectivity index (χ0) is 12.1. The van der Waals surface area contributed by atoms with E-state index in [0.29, 0.717) is 16.5 Å². The van der Waals surface area contributed by atoms with E-state index in [1.54, 1.807) is 12.1 Å². The summed E-state index contributed by atoms with van der Waals surface area (Å²) in [5.74, 6) is -1.93. The van der Waals surface area contributed by atoms with Crippen molar-refractivity contribution < 1.29 is 14.3 Å². The van der Waals surface area contributed by atoms with Crippen LogP contribution in [-0.2, 0) is 11.2 Å². The van der Waals surface area contributed by atoms with Gasteiger partial charge in [0, 0.05) is 4.47 Å². The van der Waals surface area contributed by atoms with Gasteiger partial charge in [0.25, 0.3) is 0 Å². The van der Waals surface area contributed by atoms with Gasteiger partial charge >= 0.3 is 5.97 Å². The molecule has 1 rings (SSSR count). The number of hydrogen-bond donors (Lipinski definition) is 1. The lowest BCUT2D eigenvalue weighted by molar-refractivity contribution is -0.141. The average Bonchev–Trinajstić information content (AvgIpc) is 2.20. The first-order valence-electron chi connectivity index (χ1n) is 4.82. The monoisotopic (exact) mass is 286 g/mol. The number of allylic oxidation sites excluding steroid dienone is 1. The van der Waals surface area contributed by atoms with Crippen LogP contribution in [0.2, 0.25) is 0 Å². The van der Waals surface area contributed by atoms with E-state index in [0.717, 1.165) is 0 Å². The molecule has 16 heavy (non-hydrogen) atoms. The number of carbonyl (C=O) groups is 1. The largest absolute Gasteiger partial charge is 0.481 e. The Bertz CT molecular complexity index is 404. The molecule has 86 valence electrons. The minimum Gasteiger partial charge on any atom is -0.481 e. The molecule has 0 fully saturated rings. The number of hydrogen-bond acceptors (Lipinski definition) is 1. The van der Waals surface area contributed by atoms with Crippen molar-refractivity contribution in [1.82, 2.24) is 0 Å². The molecule has 1 N–H and O–H groups in total. The van der Waals surface area contributed by atoms with E-state index < -0.39 is 11.9 Å². The first-order chi connectivity index (χ1) is 7.54. The minimum atomic E-state index is -0.929. The van der Waals surface area contributed by atoms with Gasteiger partial charge in [-0.25, -0.2) is 4.39 Å². The van der Waals surface area contributed by atoms with Crippen LogP contribution in [-0.4, -0.2) is 11.1 Å². The molecule has 0 spiro atoms. The first kappa shape index (κ1) is 12.9. The van der Waals surface area contributed by atoms with Crippen LogP contribution >= 0.6 is 15.9 Å². The molecule has 1 aromatic carbocycles. The number of aliphatic carboxylic acids is 1. The molecule has 0 aliphatic heterocycles. The summed E-state index contributed by atoms with van der Waals surface area (Å²) >= 11 is 3.15. The SMILES string of the molecule is C=CCC(Cc1ccc(Br)cc1F)C(=O)O. The lowest BCUT2D eigenvalue weighted by Crippen LogP contribution is -2.16. The summed E-state index contributed by atoms with van der Waals surface area (Å²) in [6, 6.07) is 4.63. The summed E-state index contributed by atoms with van der Waals surface area (Å²) < 4.78 is 14.1. The molecule has 1 atom stereocenters. The van der Waals surface area contributed by atoms with Crippen LogP contribution in [0, 0.1) is 11.7 Å². The van der Waals surface area contributed by atoms with Crippen molar-refractivity contribution in [2.45, 2.75) is 12.8 Å². The third-order valence-electron chi connectivity index (χ3n) is 2.28. The van der Waals surface area contributed by atoms with Crippen LogP contribution in [0.3, 0.4) is 0 Å². The quantitative estimate of drug-likeness (QED) is 0.843. The minimum absolute atomic E-state index is 0.181. The maximum Gasteiger partial charge on any atom is 0.307 e. The van der Waals surface area contributed by atoms with E-state index in [4.69, 9.17) is 5.11 Å². The Hall–Kier alpha value is -1.16. The predicted molar refractivity (Wildman–Crippen MR) is 63.7 cm³/mol. The molecular formula is C12H12BrFO2. The fourth-order valence-corrected chi connectivity index (χ4v) is 1.76. The summed E-state index contributed by atoms with van der Waals surface area (Å²) in [6.45, 7) is 3.50. The first-order valence-corrected chi connectivity index (χ1v) is 5.61. The van der Waals surface area contributed by atoms with E-state index in [9.17, 15) is 9.18 Å². The summed E-state index contributed by atoms with van der Waals surface area (Å²) in [5.41, 5.74) is 0.414. The highest BCUT2D eigenvalue weighted by Crippen LogP contribution is 2.20. The van der Waals surface area contributed by atoms with Gasteiger partial charge in [-0.05, 0) is 30.5 Å². The molecule has 1 unspecified atom stereocenters. The summed E-state index contributed by atoms with van der Waals surface area (Å²) in [4.78, 5) is 10.9. The van der Waals surface area contributed by atoms with Crippen molar-refractivity contribution in [1.29, 1.82) is 0 Å². The van der Waals surface area contributed by atoms with Crippen LogP contribution in [0.25, 0.3) is 0 Å². The summed E-state index contributed by atoms with van der Waals surface area (Å²) in [7, 11) is 0. The lowest BCUT2D eigenvalue weighted by atomic mass is 9.96. The van der Waals surface area contributed by atoms with Crippen molar-refractivity contribution in [3.63, 3.8) is 0 Å². The van der Waals surface area contributed by atoms with Crippen molar-refractivity contribution in [2.75, 3.05) is 0 Å². The molecule has 0 radical (unpaired) electrons. The summed E-state index contributed by atoms with van der Waals surface area (Å²) in [5, 5.41) is 8.93. The van der Waals surface area contributed by atoms with E-state index in [1.165, 1.54) is 12.1 Å². The van der Waals surface area contributed by atoms with Gasteiger partial charge in [0.2, 0.25) is 0 Å². The Balaban J connectivity index is 2.84. The highest BCUT2D eigenvalue weighted by Gasteiger charge is 2.18. The van der Waals surface area contributed by atoms with Crippen LogP contribution in [0.5, 0.6) is 0 Å². The molecule has 0 aliphatic rings. The Morgan fingerprint density at radius 2 is 2.31 bits per heavy atom. The maximum absolute atomic E-state index is 13.5. The summed E-state index contributed by atoms with van der Waals surface area (Å²) in [6.07, 6.45) is 2.06. The Kier molecular flexibility index (Phi) is 4.68. The second-order valence-corrected chi connectivity index (χ2v) is 4.42. The average molecular weight is 287 g/mol. The number of carboxylic acid groups (broad SMARTS) is 1. The lowest BCUT2D eigenvalue weighted by Gasteiger charge is -2.10. The number of rotatable bonds is 5. The van der Waals surface area contributed by atoms with Crippen molar-refractivity contribution >= 4 is 21.9 Å². The topological polar surface area (TPSA) is 37.3 Å². The predicted octanol–water partition coefficient (Wildman–Crippen LogP) is 3.41. The molecule has 0 saturated carbocycles. The highest BCUT2D eigenvalue weighted by atomic mass is 79.9. The molecule has 0 heterocycles. The van der Waals surface area contributed by atoms with Gasteiger partial charge < -0.3 is 5.11 Å². The highest BCUT2D eigenvalue weighted by molar-refractivity contribution is 9.10. The van der Waals surface area contributed by atoms with Gasteiger partial charge in [-0.3, -0.25) is 4.79 Å². The smallest absolute Gasteiger partial charge is 0.307 e. The van der Waals surface area contributed by atoms with Gasteiger partial charge in [0.1, 0.15) is 5.82 Å². The molecule has 0 amide bonds. The van der Waals surface area contributed by atoms with Gasteiger partial charge in [-0.1, -0.05) is 28.1 Å². The van der Waals surface area contributed by atoms with Crippen LogP contribution in [0.4, 0.5) is 4.39 Å². The fraction of sp³-hybridized carbons (Fsp3) is 0.250. The fourth-order valence-electron chi connectivity index (χ4n) is 1.43. The van der Waals surface area contributed by atoms with Gasteiger partial charge in [-0.15, -0.1) is 6.58 Å².